The molecule has 0 unspecified atom stereocenters. The van der Waals surface area contributed by atoms with Crippen LogP contribution in [0.5, 0.6) is 0 Å². The largest absolute Gasteiger partial charge is 0.309 e. The minimum atomic E-state index is 0.683. The molecule has 0 aliphatic rings. The third-order valence-electron chi connectivity index (χ3n) is 11.4. The first kappa shape index (κ1) is 31.6. The Balaban J connectivity index is 1.16. The molecule has 0 spiro atoms. The van der Waals surface area contributed by atoms with E-state index >= 15 is 0 Å². The van der Waals surface area contributed by atoms with Gasteiger partial charge in [0.2, 0.25) is 0 Å². The normalized spacial score (nSPS) is 11.9. The molecule has 0 saturated heterocycles. The molecule has 12 rings (SSSR count). The van der Waals surface area contributed by atoms with Crippen molar-refractivity contribution in [3.8, 4) is 39.7 Å². The average molecular weight is 728 g/mol. The van der Waals surface area contributed by atoms with Gasteiger partial charge in [0.25, 0.3) is 0 Å². The van der Waals surface area contributed by atoms with E-state index in [0.29, 0.717) is 5.82 Å². The number of rotatable bonds is 5. The van der Waals surface area contributed by atoms with E-state index < -0.39 is 0 Å². The van der Waals surface area contributed by atoms with Gasteiger partial charge in [0.05, 0.1) is 38.8 Å². The highest BCUT2D eigenvalue weighted by Crippen LogP contribution is 2.41. The lowest BCUT2D eigenvalue weighted by Gasteiger charge is -2.14. The molecule has 0 aliphatic carbocycles. The van der Waals surface area contributed by atoms with E-state index in [4.69, 9.17) is 9.97 Å². The highest BCUT2D eigenvalue weighted by Gasteiger charge is 2.23. The van der Waals surface area contributed by atoms with Crippen LogP contribution >= 0.6 is 0 Å². The van der Waals surface area contributed by atoms with Gasteiger partial charge in [-0.2, -0.15) is 0 Å². The molecule has 8 aromatic carbocycles. The summed E-state index contributed by atoms with van der Waals surface area (Å²) in [6, 6.07) is 71.2. The zero-order valence-electron chi connectivity index (χ0n) is 30.8. The van der Waals surface area contributed by atoms with Crippen molar-refractivity contribution in [1.82, 2.24) is 23.7 Å². The number of hydrogen-bond acceptors (Lipinski definition) is 2. The lowest BCUT2D eigenvalue weighted by atomic mass is 10.1. The molecule has 0 N–H and O–H groups in total. The Morgan fingerprint density at radius 3 is 1.39 bits per heavy atom. The smallest absolute Gasteiger partial charge is 0.160 e. The second-order valence-corrected chi connectivity index (χ2v) is 14.6. The fraction of sp³-hybridized carbons (Fsp3) is 0. The molecule has 5 nitrogen and oxygen atoms in total. The van der Waals surface area contributed by atoms with Gasteiger partial charge in [-0.05, 0) is 66.7 Å². The first-order valence-electron chi connectivity index (χ1n) is 19.3. The maximum absolute atomic E-state index is 5.58. The average Bonchev–Trinajstić information content (AvgIpc) is 3.92. The highest BCUT2D eigenvalue weighted by molar-refractivity contribution is 6.13. The fourth-order valence-electron chi connectivity index (χ4n) is 8.98. The van der Waals surface area contributed by atoms with Crippen molar-refractivity contribution in [2.45, 2.75) is 0 Å². The van der Waals surface area contributed by atoms with Crippen LogP contribution in [0, 0.1) is 0 Å². The summed E-state index contributed by atoms with van der Waals surface area (Å²) in [7, 11) is 0. The van der Waals surface area contributed by atoms with Gasteiger partial charge in [0, 0.05) is 55.1 Å². The molecule has 0 atom stereocenters. The molecule has 0 fully saturated rings. The van der Waals surface area contributed by atoms with E-state index in [2.05, 4.69) is 214 Å². The van der Waals surface area contributed by atoms with Gasteiger partial charge in [0.1, 0.15) is 5.52 Å². The van der Waals surface area contributed by atoms with Crippen LogP contribution in [-0.2, 0) is 0 Å². The van der Waals surface area contributed by atoms with E-state index in [1.807, 2.05) is 0 Å². The number of benzene rings is 8. The number of fused-ring (bicyclic) bond motifs is 9. The van der Waals surface area contributed by atoms with Gasteiger partial charge in [-0.25, -0.2) is 9.97 Å². The Labute approximate surface area is 328 Å². The molecule has 266 valence electrons. The van der Waals surface area contributed by atoms with Crippen molar-refractivity contribution in [3.63, 3.8) is 0 Å². The zero-order valence-corrected chi connectivity index (χ0v) is 30.8. The van der Waals surface area contributed by atoms with E-state index in [0.717, 1.165) is 61.3 Å². The van der Waals surface area contributed by atoms with Crippen LogP contribution in [0.2, 0.25) is 0 Å². The van der Waals surface area contributed by atoms with Gasteiger partial charge in [-0.3, -0.25) is 0 Å². The van der Waals surface area contributed by atoms with Gasteiger partial charge in [-0.15, -0.1) is 0 Å². The standard InChI is InChI=1S/C52H33N5/c1-3-17-36(18-4-1)55-44-26-11-9-24-41(44)42-31-30-35(33-48(42)55)52-53-49(51-50(54-52)43-25-10-14-29-47(43)57(51)37-19-5-2-6-20-37)34-16-15-21-38(32-34)56-45-27-12-7-22-39(45)40-23-8-13-28-46(40)56/h1-33H. The van der Waals surface area contributed by atoms with Crippen molar-refractivity contribution in [2.24, 2.45) is 0 Å². The summed E-state index contributed by atoms with van der Waals surface area (Å²) in [5.41, 5.74) is 13.7. The molecular weight excluding hydrogens is 695 g/mol. The van der Waals surface area contributed by atoms with E-state index in [1.165, 1.54) is 38.1 Å². The second kappa shape index (κ2) is 12.4. The minimum Gasteiger partial charge on any atom is -0.309 e. The predicted molar refractivity (Wildman–Crippen MR) is 236 cm³/mol. The first-order chi connectivity index (χ1) is 28.3. The van der Waals surface area contributed by atoms with Gasteiger partial charge in [-0.1, -0.05) is 133 Å². The number of aromatic nitrogens is 5. The van der Waals surface area contributed by atoms with E-state index in [9.17, 15) is 0 Å². The molecule has 12 aromatic rings. The summed E-state index contributed by atoms with van der Waals surface area (Å²) in [6.45, 7) is 0. The maximum Gasteiger partial charge on any atom is 0.160 e. The third kappa shape index (κ3) is 4.76. The van der Waals surface area contributed by atoms with Crippen LogP contribution < -0.4 is 0 Å². The summed E-state index contributed by atoms with van der Waals surface area (Å²) >= 11 is 0. The highest BCUT2D eigenvalue weighted by atomic mass is 15.0. The minimum absolute atomic E-state index is 0.683. The summed E-state index contributed by atoms with van der Waals surface area (Å²) in [6.07, 6.45) is 0. The van der Waals surface area contributed by atoms with Crippen molar-refractivity contribution < 1.29 is 0 Å². The third-order valence-corrected chi connectivity index (χ3v) is 11.4. The van der Waals surface area contributed by atoms with E-state index in [1.54, 1.807) is 0 Å². The molecule has 0 saturated carbocycles. The van der Waals surface area contributed by atoms with Crippen molar-refractivity contribution in [2.75, 3.05) is 0 Å². The van der Waals surface area contributed by atoms with Crippen LogP contribution in [-0.4, -0.2) is 23.7 Å². The molecule has 4 heterocycles. The summed E-state index contributed by atoms with van der Waals surface area (Å²) in [5, 5.41) is 5.96. The van der Waals surface area contributed by atoms with Gasteiger partial charge in [0.15, 0.2) is 5.82 Å². The quantitative estimate of drug-likeness (QED) is 0.177. The Bertz CT molecular complexity index is 3460. The maximum atomic E-state index is 5.58. The molecule has 0 radical (unpaired) electrons. The molecule has 0 amide bonds. The predicted octanol–water partition coefficient (Wildman–Crippen LogP) is 13.1. The topological polar surface area (TPSA) is 40.6 Å². The van der Waals surface area contributed by atoms with Crippen LogP contribution in [0.3, 0.4) is 0 Å². The van der Waals surface area contributed by atoms with Crippen LogP contribution in [0.25, 0.3) is 105 Å². The summed E-state index contributed by atoms with van der Waals surface area (Å²) in [5.74, 6) is 0.683. The SMILES string of the molecule is c1ccc(-n2c3ccccc3c3ccc(-c4nc(-c5cccc(-n6c7ccccc7c7ccccc76)c5)c5c(n4)c4ccccc4n5-c4ccccc4)cc32)cc1. The van der Waals surface area contributed by atoms with Gasteiger partial charge < -0.3 is 13.7 Å². The van der Waals surface area contributed by atoms with Crippen molar-refractivity contribution in [3.05, 3.63) is 200 Å². The van der Waals surface area contributed by atoms with Crippen LogP contribution in [0.15, 0.2) is 200 Å². The molecule has 0 bridgehead atoms. The Kier molecular flexibility index (Phi) is 6.86. The molecule has 0 aliphatic heterocycles. The monoisotopic (exact) mass is 727 g/mol. The number of para-hydroxylation sites is 6. The number of hydrogen-bond donors (Lipinski definition) is 0. The van der Waals surface area contributed by atoms with Crippen molar-refractivity contribution >= 4 is 65.5 Å². The van der Waals surface area contributed by atoms with Crippen LogP contribution in [0.1, 0.15) is 0 Å². The van der Waals surface area contributed by atoms with Crippen LogP contribution in [0.4, 0.5) is 0 Å². The molecule has 57 heavy (non-hydrogen) atoms. The fourth-order valence-corrected chi connectivity index (χ4v) is 8.98. The van der Waals surface area contributed by atoms with Crippen molar-refractivity contribution in [1.29, 1.82) is 0 Å². The molecule has 4 aromatic heterocycles. The first-order valence-corrected chi connectivity index (χ1v) is 19.3. The summed E-state index contributed by atoms with van der Waals surface area (Å²) < 4.78 is 7.05. The number of nitrogens with zero attached hydrogens (tertiary/aromatic N) is 5. The Morgan fingerprint density at radius 1 is 0.298 bits per heavy atom. The molecule has 5 heteroatoms. The second-order valence-electron chi connectivity index (χ2n) is 14.6. The zero-order chi connectivity index (χ0) is 37.5. The lowest BCUT2D eigenvalue weighted by Crippen LogP contribution is -2.01. The Morgan fingerprint density at radius 2 is 0.772 bits per heavy atom. The van der Waals surface area contributed by atoms with E-state index in [-0.39, 0.29) is 0 Å². The summed E-state index contributed by atoms with van der Waals surface area (Å²) in [4.78, 5) is 11.1. The van der Waals surface area contributed by atoms with Gasteiger partial charge >= 0.3 is 0 Å². The lowest BCUT2D eigenvalue weighted by molar-refractivity contribution is 1.14. The molecular formula is C52H33N5. The Hall–Kier alpha value is -7.76.